The minimum absolute atomic E-state index is 0.265. The van der Waals surface area contributed by atoms with Gasteiger partial charge in [0.25, 0.3) is 0 Å². The molecule has 3 rings (SSSR count). The minimum atomic E-state index is -0.323. The van der Waals surface area contributed by atoms with Gasteiger partial charge in [0.1, 0.15) is 5.36 Å². The van der Waals surface area contributed by atoms with Gasteiger partial charge in [0.05, 0.1) is 5.69 Å². The third-order valence-corrected chi connectivity index (χ3v) is 2.89. The van der Waals surface area contributed by atoms with Crippen molar-refractivity contribution in [1.29, 1.82) is 0 Å². The van der Waals surface area contributed by atoms with E-state index in [0.29, 0.717) is 5.36 Å². The Balaban J connectivity index is 2.47. The number of nitrogens with zero attached hydrogens (tertiary/aromatic N) is 2. The Morgan fingerprint density at radius 1 is 1.20 bits per heavy atom. The molecule has 1 aromatic carbocycles. The second-order valence-electron chi connectivity index (χ2n) is 3.28. The topological polar surface area (TPSA) is 41.8 Å². The average molecular weight is 261 g/mol. The van der Waals surface area contributed by atoms with Crippen LogP contribution in [0.4, 0.5) is 5.69 Å². The fourth-order valence-electron chi connectivity index (χ4n) is 1.69. The lowest BCUT2D eigenvalue weighted by atomic mass is 10.1. The summed E-state index contributed by atoms with van der Waals surface area (Å²) < 4.78 is 0.265. The number of allylic oxidation sites excluding steroid dienone is 1. The molecule has 3 nitrogen and oxygen atoms in total. The molecule has 0 radical (unpaired) electrons. The van der Waals surface area contributed by atoms with Gasteiger partial charge < -0.3 is 0 Å². The van der Waals surface area contributed by atoms with Gasteiger partial charge in [-0.15, -0.1) is 0 Å². The van der Waals surface area contributed by atoms with Gasteiger partial charge in [-0.1, -0.05) is 24.3 Å². The summed E-state index contributed by atoms with van der Waals surface area (Å²) in [5, 5.41) is 1.65. The Morgan fingerprint density at radius 2 is 2.07 bits per heavy atom. The first kappa shape index (κ1) is 8.73. The van der Waals surface area contributed by atoms with Crippen LogP contribution in [0.15, 0.2) is 28.2 Å². The van der Waals surface area contributed by atoms with E-state index in [0.717, 1.165) is 16.5 Å². The molecule has 0 saturated carbocycles. The molecular formula is C11H5BrN2O. The summed E-state index contributed by atoms with van der Waals surface area (Å²) in [6.45, 7) is 0. The molecule has 0 bridgehead atoms. The third kappa shape index (κ3) is 1.22. The van der Waals surface area contributed by atoms with Crippen molar-refractivity contribution in [2.24, 2.45) is 9.98 Å². The monoisotopic (exact) mass is 260 g/mol. The molecule has 1 aromatic rings. The maximum absolute atomic E-state index is 11.4. The molecule has 1 amide bonds. The predicted molar refractivity (Wildman–Crippen MR) is 61.8 cm³/mol. The second kappa shape index (κ2) is 2.97. The van der Waals surface area contributed by atoms with Gasteiger partial charge in [0.2, 0.25) is 0 Å². The zero-order chi connectivity index (χ0) is 10.4. The lowest BCUT2D eigenvalue weighted by Crippen LogP contribution is -2.31. The van der Waals surface area contributed by atoms with Crippen LogP contribution in [0.1, 0.15) is 5.56 Å². The number of amides is 1. The van der Waals surface area contributed by atoms with Gasteiger partial charge in [0.15, 0.2) is 4.62 Å². The summed E-state index contributed by atoms with van der Waals surface area (Å²) in [6.07, 6.45) is 5.88. The van der Waals surface area contributed by atoms with Crippen LogP contribution in [-0.2, 0) is 4.79 Å². The standard InChI is InChI=1S/C11H5BrN2O/c12-10-11(15)14-9-7-3-1-2-6(7)4-5-8(9)13-10/h1-5H. The Labute approximate surface area is 93.7 Å². The molecule has 1 aliphatic heterocycles. The van der Waals surface area contributed by atoms with Crippen molar-refractivity contribution in [1.82, 2.24) is 0 Å². The van der Waals surface area contributed by atoms with Gasteiger partial charge in [0, 0.05) is 5.22 Å². The first-order valence-corrected chi connectivity index (χ1v) is 5.24. The van der Waals surface area contributed by atoms with Crippen LogP contribution < -0.4 is 10.6 Å². The lowest BCUT2D eigenvalue weighted by molar-refractivity contribution is -0.111. The highest BCUT2D eigenvalue weighted by Gasteiger charge is 2.14. The van der Waals surface area contributed by atoms with Crippen LogP contribution in [0.5, 0.6) is 0 Å². The number of rotatable bonds is 0. The highest BCUT2D eigenvalue weighted by atomic mass is 79.9. The normalized spacial score (nSPS) is 16.3. The van der Waals surface area contributed by atoms with Gasteiger partial charge in [-0.3, -0.25) is 4.79 Å². The molecule has 15 heavy (non-hydrogen) atoms. The molecule has 4 heteroatoms. The van der Waals surface area contributed by atoms with E-state index in [2.05, 4.69) is 25.9 Å². The third-order valence-electron chi connectivity index (χ3n) is 2.38. The van der Waals surface area contributed by atoms with Gasteiger partial charge in [-0.25, -0.2) is 9.98 Å². The predicted octanol–water partition coefficient (Wildman–Crippen LogP) is 1.08. The SMILES string of the molecule is O=C1N=c2c(ccc3c2=CC=C3)N=C1Br. The van der Waals surface area contributed by atoms with E-state index in [1.165, 1.54) is 0 Å². The van der Waals surface area contributed by atoms with Crippen molar-refractivity contribution < 1.29 is 4.79 Å². The van der Waals surface area contributed by atoms with Crippen molar-refractivity contribution in [2.75, 3.05) is 0 Å². The number of halogens is 1. The summed E-state index contributed by atoms with van der Waals surface area (Å²) in [5.74, 6) is -0.323. The zero-order valence-electron chi connectivity index (χ0n) is 7.57. The maximum atomic E-state index is 11.4. The molecule has 0 fully saturated rings. The van der Waals surface area contributed by atoms with E-state index < -0.39 is 0 Å². The summed E-state index contributed by atoms with van der Waals surface area (Å²) >= 11 is 3.08. The number of carbonyl (C=O) groups is 1. The number of hydrogen-bond donors (Lipinski definition) is 0. The van der Waals surface area contributed by atoms with Crippen LogP contribution in [0.3, 0.4) is 0 Å². The van der Waals surface area contributed by atoms with E-state index in [-0.39, 0.29) is 10.5 Å². The molecule has 0 saturated heterocycles. The summed E-state index contributed by atoms with van der Waals surface area (Å²) in [4.78, 5) is 19.5. The maximum Gasteiger partial charge on any atom is 0.303 e. The number of carbonyl (C=O) groups excluding carboxylic acids is 1. The van der Waals surface area contributed by atoms with Crippen LogP contribution in [-0.4, -0.2) is 10.5 Å². The fraction of sp³-hybridized carbons (Fsp3) is 0. The van der Waals surface area contributed by atoms with E-state index in [4.69, 9.17) is 0 Å². The van der Waals surface area contributed by atoms with Crippen molar-refractivity contribution in [2.45, 2.75) is 0 Å². The molecule has 0 spiro atoms. The highest BCUT2D eigenvalue weighted by molar-refractivity contribution is 9.19. The largest absolute Gasteiger partial charge is 0.303 e. The molecule has 1 heterocycles. The van der Waals surface area contributed by atoms with Gasteiger partial charge >= 0.3 is 5.91 Å². The Kier molecular flexibility index (Phi) is 1.73. The molecular weight excluding hydrogens is 256 g/mol. The first-order valence-electron chi connectivity index (χ1n) is 4.44. The first-order chi connectivity index (χ1) is 7.25. The Morgan fingerprint density at radius 3 is 2.93 bits per heavy atom. The van der Waals surface area contributed by atoms with Crippen molar-refractivity contribution >= 4 is 44.3 Å². The Bertz CT molecular complexity index is 656. The average Bonchev–Trinajstić information content (AvgIpc) is 2.68. The lowest BCUT2D eigenvalue weighted by Gasteiger charge is -2.04. The quantitative estimate of drug-likeness (QED) is 0.689. The highest BCUT2D eigenvalue weighted by Crippen LogP contribution is 2.13. The summed E-state index contributed by atoms with van der Waals surface area (Å²) in [5.41, 5.74) is 1.82. The second-order valence-corrected chi connectivity index (χ2v) is 4.03. The van der Waals surface area contributed by atoms with Crippen molar-refractivity contribution in [3.05, 3.63) is 34.3 Å². The van der Waals surface area contributed by atoms with Gasteiger partial charge in [-0.2, -0.15) is 0 Å². The fourth-order valence-corrected chi connectivity index (χ4v) is 1.97. The zero-order valence-corrected chi connectivity index (χ0v) is 9.15. The van der Waals surface area contributed by atoms with Crippen LogP contribution in [0, 0.1) is 0 Å². The van der Waals surface area contributed by atoms with Crippen molar-refractivity contribution in [3.63, 3.8) is 0 Å². The molecule has 0 atom stereocenters. The van der Waals surface area contributed by atoms with Crippen LogP contribution >= 0.6 is 15.9 Å². The molecule has 0 N–H and O–H groups in total. The summed E-state index contributed by atoms with van der Waals surface area (Å²) in [6, 6.07) is 3.85. The molecule has 72 valence electrons. The van der Waals surface area contributed by atoms with Crippen LogP contribution in [0.25, 0.3) is 12.2 Å². The van der Waals surface area contributed by atoms with Crippen LogP contribution in [0.2, 0.25) is 0 Å². The Hall–Kier alpha value is -1.55. The van der Waals surface area contributed by atoms with E-state index in [1.807, 2.05) is 30.4 Å². The molecule has 1 aliphatic carbocycles. The smallest absolute Gasteiger partial charge is 0.264 e. The molecule has 0 unspecified atom stereocenters. The molecule has 2 aliphatic rings. The molecule has 0 aromatic heterocycles. The van der Waals surface area contributed by atoms with E-state index in [1.54, 1.807) is 0 Å². The van der Waals surface area contributed by atoms with Gasteiger partial charge in [-0.05, 0) is 27.6 Å². The van der Waals surface area contributed by atoms with E-state index >= 15 is 0 Å². The summed E-state index contributed by atoms with van der Waals surface area (Å²) in [7, 11) is 0. The number of aliphatic imine (C=N–C) groups is 1. The minimum Gasteiger partial charge on any atom is -0.264 e. The number of fused-ring (bicyclic) bond motifs is 3. The van der Waals surface area contributed by atoms with Crippen molar-refractivity contribution in [3.8, 4) is 0 Å². The number of benzene rings is 1. The van der Waals surface area contributed by atoms with E-state index in [9.17, 15) is 4.79 Å². The number of hydrogen-bond acceptors (Lipinski definition) is 2.